The summed E-state index contributed by atoms with van der Waals surface area (Å²) >= 11 is 0. The Labute approximate surface area is 140 Å². The molecule has 2 aromatic rings. The van der Waals surface area contributed by atoms with Crippen LogP contribution in [0, 0.1) is 5.82 Å². The van der Waals surface area contributed by atoms with Crippen LogP contribution in [0.3, 0.4) is 0 Å². The van der Waals surface area contributed by atoms with Crippen molar-refractivity contribution in [1.82, 2.24) is 20.1 Å². The van der Waals surface area contributed by atoms with E-state index in [1.807, 2.05) is 23.4 Å². The number of amides is 1. The molecule has 1 aliphatic heterocycles. The normalized spacial score (nSPS) is 15.5. The molecule has 7 heteroatoms. The second-order valence-corrected chi connectivity index (χ2v) is 6.27. The minimum Gasteiger partial charge on any atom is -0.369 e. The number of aromatic nitrogens is 3. The zero-order chi connectivity index (χ0) is 17.1. The highest BCUT2D eigenvalue weighted by atomic mass is 19.1. The van der Waals surface area contributed by atoms with Gasteiger partial charge in [0, 0.05) is 38.2 Å². The van der Waals surface area contributed by atoms with Crippen LogP contribution in [0.2, 0.25) is 0 Å². The van der Waals surface area contributed by atoms with Gasteiger partial charge in [-0.05, 0) is 31.0 Å². The molecule has 1 saturated heterocycles. The molecule has 6 nitrogen and oxygen atoms in total. The monoisotopic (exact) mass is 331 g/mol. The van der Waals surface area contributed by atoms with Crippen molar-refractivity contribution in [2.45, 2.75) is 25.7 Å². The van der Waals surface area contributed by atoms with Crippen LogP contribution in [0.5, 0.6) is 0 Å². The molecule has 1 amide bonds. The number of hydrogen-bond donors (Lipinski definition) is 1. The Morgan fingerprint density at radius 3 is 2.75 bits per heavy atom. The number of aryl methyl sites for hydroxylation is 1. The number of rotatable bonds is 5. The van der Waals surface area contributed by atoms with Gasteiger partial charge >= 0.3 is 0 Å². The third-order valence-electron chi connectivity index (χ3n) is 4.41. The summed E-state index contributed by atoms with van der Waals surface area (Å²) in [6.07, 6.45) is 3.79. The number of nitrogens with one attached hydrogen (secondary N) is 1. The lowest BCUT2D eigenvalue weighted by Gasteiger charge is -2.18. The number of halogens is 1. The first kappa shape index (κ1) is 16.4. The lowest BCUT2D eigenvalue weighted by molar-refractivity contribution is 0.0951. The maximum Gasteiger partial charge on any atom is 0.251 e. The molecule has 0 spiro atoms. The van der Waals surface area contributed by atoms with Gasteiger partial charge in [0.05, 0.1) is 5.69 Å². The highest BCUT2D eigenvalue weighted by molar-refractivity contribution is 5.94. The summed E-state index contributed by atoms with van der Waals surface area (Å²) in [6.45, 7) is 4.12. The topological polar surface area (TPSA) is 63.1 Å². The van der Waals surface area contributed by atoms with E-state index in [2.05, 4.69) is 15.5 Å². The van der Waals surface area contributed by atoms with Gasteiger partial charge in [0.1, 0.15) is 18.0 Å². The van der Waals surface area contributed by atoms with Crippen molar-refractivity contribution in [3.05, 3.63) is 41.7 Å². The molecule has 128 valence electrons. The van der Waals surface area contributed by atoms with E-state index in [-0.39, 0.29) is 17.6 Å². The molecule has 0 saturated carbocycles. The SMILES string of the molecule is CC(CNC(=O)c1ccc(N2CCCC2)c(F)c1)c1nncn1C. The number of anilines is 1. The average molecular weight is 331 g/mol. The molecule has 1 aromatic heterocycles. The predicted molar refractivity (Wildman–Crippen MR) is 89.6 cm³/mol. The number of carbonyl (C=O) groups is 1. The smallest absolute Gasteiger partial charge is 0.251 e. The van der Waals surface area contributed by atoms with E-state index in [0.29, 0.717) is 17.8 Å². The second-order valence-electron chi connectivity index (χ2n) is 6.27. The molecule has 3 rings (SSSR count). The molecule has 1 N–H and O–H groups in total. The minimum atomic E-state index is -0.342. The molecular formula is C17H22FN5O. The van der Waals surface area contributed by atoms with E-state index in [0.717, 1.165) is 31.8 Å². The van der Waals surface area contributed by atoms with Crippen molar-refractivity contribution >= 4 is 11.6 Å². The molecule has 1 atom stereocenters. The van der Waals surface area contributed by atoms with Crippen LogP contribution in [0.4, 0.5) is 10.1 Å². The summed E-state index contributed by atoms with van der Waals surface area (Å²) in [5.74, 6) is 0.197. The minimum absolute atomic E-state index is 0.0233. The van der Waals surface area contributed by atoms with Gasteiger partial charge in [0.15, 0.2) is 0 Å². The van der Waals surface area contributed by atoms with Crippen LogP contribution in [0.1, 0.15) is 41.9 Å². The molecule has 1 aliphatic rings. The number of carbonyl (C=O) groups excluding carboxylic acids is 1. The summed E-state index contributed by atoms with van der Waals surface area (Å²) in [5.41, 5.74) is 0.914. The van der Waals surface area contributed by atoms with E-state index >= 15 is 0 Å². The van der Waals surface area contributed by atoms with E-state index in [9.17, 15) is 9.18 Å². The maximum absolute atomic E-state index is 14.3. The van der Waals surface area contributed by atoms with E-state index < -0.39 is 0 Å². The molecule has 1 unspecified atom stereocenters. The van der Waals surface area contributed by atoms with Crippen LogP contribution in [0.15, 0.2) is 24.5 Å². The number of nitrogens with zero attached hydrogens (tertiary/aromatic N) is 4. The highest BCUT2D eigenvalue weighted by Crippen LogP contribution is 2.24. The molecule has 24 heavy (non-hydrogen) atoms. The molecule has 0 radical (unpaired) electrons. The zero-order valence-electron chi connectivity index (χ0n) is 14.0. The van der Waals surface area contributed by atoms with Crippen molar-refractivity contribution in [2.75, 3.05) is 24.5 Å². The van der Waals surface area contributed by atoms with Gasteiger partial charge in [-0.1, -0.05) is 6.92 Å². The van der Waals surface area contributed by atoms with Gasteiger partial charge in [0.2, 0.25) is 0 Å². The first-order chi connectivity index (χ1) is 11.6. The number of benzene rings is 1. The van der Waals surface area contributed by atoms with Gasteiger partial charge < -0.3 is 14.8 Å². The Morgan fingerprint density at radius 1 is 1.38 bits per heavy atom. The first-order valence-electron chi connectivity index (χ1n) is 8.23. The van der Waals surface area contributed by atoms with Crippen molar-refractivity contribution in [3.8, 4) is 0 Å². The van der Waals surface area contributed by atoms with Crippen molar-refractivity contribution in [1.29, 1.82) is 0 Å². The Hall–Kier alpha value is -2.44. The van der Waals surface area contributed by atoms with E-state index in [1.165, 1.54) is 6.07 Å². The third kappa shape index (κ3) is 3.39. The van der Waals surface area contributed by atoms with Crippen LogP contribution in [-0.2, 0) is 7.05 Å². The van der Waals surface area contributed by atoms with Gasteiger partial charge in [0.25, 0.3) is 5.91 Å². The Bertz CT molecular complexity index is 724. The van der Waals surface area contributed by atoms with Gasteiger partial charge in [-0.15, -0.1) is 10.2 Å². The van der Waals surface area contributed by atoms with Gasteiger partial charge in [-0.3, -0.25) is 4.79 Å². The van der Waals surface area contributed by atoms with E-state index in [4.69, 9.17) is 0 Å². The fourth-order valence-corrected chi connectivity index (χ4v) is 3.04. The van der Waals surface area contributed by atoms with Crippen molar-refractivity contribution in [2.24, 2.45) is 7.05 Å². The second kappa shape index (κ2) is 6.98. The molecule has 2 heterocycles. The molecule has 1 fully saturated rings. The summed E-state index contributed by atoms with van der Waals surface area (Å²) in [5, 5.41) is 10.7. The van der Waals surface area contributed by atoms with E-state index in [1.54, 1.807) is 18.5 Å². The molecule has 1 aromatic carbocycles. The van der Waals surface area contributed by atoms with Gasteiger partial charge in [-0.25, -0.2) is 4.39 Å². The fourth-order valence-electron chi connectivity index (χ4n) is 3.04. The standard InChI is InChI=1S/C17H22FN5O/c1-12(16-21-20-11-22(16)2)10-19-17(24)13-5-6-15(14(18)9-13)23-7-3-4-8-23/h5-6,9,11-12H,3-4,7-8,10H2,1-2H3,(H,19,24). The largest absolute Gasteiger partial charge is 0.369 e. The first-order valence-corrected chi connectivity index (χ1v) is 8.23. The summed E-state index contributed by atoms with van der Waals surface area (Å²) in [6, 6.07) is 4.69. The zero-order valence-corrected chi connectivity index (χ0v) is 14.0. The van der Waals surface area contributed by atoms with Gasteiger partial charge in [-0.2, -0.15) is 0 Å². The molecular weight excluding hydrogens is 309 g/mol. The lowest BCUT2D eigenvalue weighted by atomic mass is 10.1. The number of hydrogen-bond acceptors (Lipinski definition) is 4. The van der Waals surface area contributed by atoms with Crippen molar-refractivity contribution in [3.63, 3.8) is 0 Å². The average Bonchev–Trinajstić information content (AvgIpc) is 3.23. The van der Waals surface area contributed by atoms with Crippen LogP contribution in [-0.4, -0.2) is 40.3 Å². The quantitative estimate of drug-likeness (QED) is 0.911. The highest BCUT2D eigenvalue weighted by Gasteiger charge is 2.18. The predicted octanol–water partition coefficient (Wildman–Crippen LogP) is 2.09. The third-order valence-corrected chi connectivity index (χ3v) is 4.41. The van der Waals surface area contributed by atoms with Crippen LogP contribution < -0.4 is 10.2 Å². The summed E-state index contributed by atoms with van der Waals surface area (Å²) in [7, 11) is 1.86. The molecule has 0 aliphatic carbocycles. The Kier molecular flexibility index (Phi) is 4.78. The lowest BCUT2D eigenvalue weighted by Crippen LogP contribution is -2.28. The Morgan fingerprint density at radius 2 is 2.12 bits per heavy atom. The maximum atomic E-state index is 14.3. The van der Waals surface area contributed by atoms with Crippen LogP contribution >= 0.6 is 0 Å². The summed E-state index contributed by atoms with van der Waals surface area (Å²) in [4.78, 5) is 14.3. The molecule has 0 bridgehead atoms. The van der Waals surface area contributed by atoms with Crippen LogP contribution in [0.25, 0.3) is 0 Å². The van der Waals surface area contributed by atoms with Crippen molar-refractivity contribution < 1.29 is 9.18 Å². The fraction of sp³-hybridized carbons (Fsp3) is 0.471. The summed E-state index contributed by atoms with van der Waals surface area (Å²) < 4.78 is 16.1. The Balaban J connectivity index is 1.62.